The SMILES string of the molecule is CS(=O)(=O)C1C=COC1=O. The van der Waals surface area contributed by atoms with E-state index in [0.717, 1.165) is 12.5 Å². The van der Waals surface area contributed by atoms with Crippen molar-refractivity contribution in [3.8, 4) is 0 Å². The van der Waals surface area contributed by atoms with Gasteiger partial charge in [-0.25, -0.2) is 13.2 Å². The number of carbonyl (C=O) groups excluding carboxylic acids is 1. The summed E-state index contributed by atoms with van der Waals surface area (Å²) in [7, 11) is -3.31. The first-order chi connectivity index (χ1) is 4.52. The molecule has 1 aliphatic rings. The second kappa shape index (κ2) is 2.09. The van der Waals surface area contributed by atoms with Crippen LogP contribution in [0.1, 0.15) is 0 Å². The van der Waals surface area contributed by atoms with Crippen LogP contribution in [-0.2, 0) is 19.4 Å². The maximum Gasteiger partial charge on any atom is 0.333 e. The third-order valence-corrected chi connectivity index (χ3v) is 2.40. The first kappa shape index (κ1) is 7.27. The lowest BCUT2D eigenvalue weighted by atomic mass is 10.5. The zero-order valence-corrected chi connectivity index (χ0v) is 6.09. The summed E-state index contributed by atoms with van der Waals surface area (Å²) in [4.78, 5) is 10.6. The molecule has 0 spiro atoms. The largest absolute Gasteiger partial charge is 0.434 e. The lowest BCUT2D eigenvalue weighted by molar-refractivity contribution is -0.134. The summed E-state index contributed by atoms with van der Waals surface area (Å²) in [6.07, 6.45) is 3.31. The summed E-state index contributed by atoms with van der Waals surface area (Å²) in [5.74, 6) is -0.720. The minimum Gasteiger partial charge on any atom is -0.434 e. The van der Waals surface area contributed by atoms with E-state index in [1.807, 2.05) is 0 Å². The molecule has 0 N–H and O–H groups in total. The number of cyclic esters (lactones) is 1. The Bertz CT molecular complexity index is 274. The standard InChI is InChI=1S/C5H6O4S/c1-10(7,8)4-2-3-9-5(4)6/h2-4H,1H3. The number of hydrogen-bond donors (Lipinski definition) is 0. The summed E-state index contributed by atoms with van der Waals surface area (Å²) >= 11 is 0. The van der Waals surface area contributed by atoms with Crippen LogP contribution in [-0.4, -0.2) is 25.9 Å². The molecule has 10 heavy (non-hydrogen) atoms. The van der Waals surface area contributed by atoms with Gasteiger partial charge in [0, 0.05) is 6.26 Å². The highest BCUT2D eigenvalue weighted by molar-refractivity contribution is 7.92. The lowest BCUT2D eigenvalue weighted by Crippen LogP contribution is -2.24. The molecule has 0 aromatic rings. The maximum atomic E-state index is 10.7. The van der Waals surface area contributed by atoms with Gasteiger partial charge in [0.2, 0.25) is 0 Å². The van der Waals surface area contributed by atoms with Gasteiger partial charge < -0.3 is 4.74 Å². The Morgan fingerprint density at radius 1 is 1.60 bits per heavy atom. The summed E-state index contributed by atoms with van der Waals surface area (Å²) in [5, 5.41) is -1.09. The fourth-order valence-electron chi connectivity index (χ4n) is 0.641. The van der Waals surface area contributed by atoms with E-state index >= 15 is 0 Å². The van der Waals surface area contributed by atoms with E-state index in [-0.39, 0.29) is 0 Å². The highest BCUT2D eigenvalue weighted by atomic mass is 32.2. The zero-order chi connectivity index (χ0) is 7.78. The smallest absolute Gasteiger partial charge is 0.333 e. The third kappa shape index (κ3) is 1.18. The Hall–Kier alpha value is -0.840. The average molecular weight is 162 g/mol. The summed E-state index contributed by atoms with van der Waals surface area (Å²) in [5.41, 5.74) is 0. The summed E-state index contributed by atoms with van der Waals surface area (Å²) in [6, 6.07) is 0. The molecule has 1 atom stereocenters. The fourth-order valence-corrected chi connectivity index (χ4v) is 1.40. The Labute approximate surface area is 58.4 Å². The molecule has 1 unspecified atom stereocenters. The van der Waals surface area contributed by atoms with Gasteiger partial charge in [-0.05, 0) is 6.08 Å². The molecule has 0 bridgehead atoms. The van der Waals surface area contributed by atoms with Gasteiger partial charge in [0.1, 0.15) is 0 Å². The van der Waals surface area contributed by atoms with Crippen molar-refractivity contribution in [1.29, 1.82) is 0 Å². The number of sulfone groups is 1. The first-order valence-corrected chi connectivity index (χ1v) is 4.53. The molecule has 0 aromatic carbocycles. The monoisotopic (exact) mass is 162 g/mol. The van der Waals surface area contributed by atoms with Crippen molar-refractivity contribution in [2.24, 2.45) is 0 Å². The molecule has 0 amide bonds. The van der Waals surface area contributed by atoms with Crippen LogP contribution in [0.25, 0.3) is 0 Å². The van der Waals surface area contributed by atoms with Crippen LogP contribution in [0.4, 0.5) is 0 Å². The van der Waals surface area contributed by atoms with Crippen LogP contribution >= 0.6 is 0 Å². The van der Waals surface area contributed by atoms with E-state index < -0.39 is 21.1 Å². The van der Waals surface area contributed by atoms with Crippen LogP contribution in [0, 0.1) is 0 Å². The number of rotatable bonds is 1. The van der Waals surface area contributed by atoms with E-state index in [9.17, 15) is 13.2 Å². The second-order valence-electron chi connectivity index (χ2n) is 2.02. The molecular weight excluding hydrogens is 156 g/mol. The molecule has 5 heteroatoms. The van der Waals surface area contributed by atoms with Crippen molar-refractivity contribution in [2.45, 2.75) is 5.25 Å². The number of hydrogen-bond acceptors (Lipinski definition) is 4. The van der Waals surface area contributed by atoms with Gasteiger partial charge in [-0.15, -0.1) is 0 Å². The first-order valence-electron chi connectivity index (χ1n) is 2.58. The zero-order valence-electron chi connectivity index (χ0n) is 5.27. The average Bonchev–Trinajstić information content (AvgIpc) is 2.11. The molecule has 0 aromatic heterocycles. The van der Waals surface area contributed by atoms with Gasteiger partial charge in [0.05, 0.1) is 6.26 Å². The number of esters is 1. The van der Waals surface area contributed by atoms with Crippen molar-refractivity contribution in [1.82, 2.24) is 0 Å². The molecule has 0 fully saturated rings. The highest BCUT2D eigenvalue weighted by Crippen LogP contribution is 2.09. The topological polar surface area (TPSA) is 60.4 Å². The molecule has 0 saturated heterocycles. The van der Waals surface area contributed by atoms with E-state index in [1.165, 1.54) is 6.08 Å². The molecule has 4 nitrogen and oxygen atoms in total. The van der Waals surface area contributed by atoms with Gasteiger partial charge >= 0.3 is 5.97 Å². The van der Waals surface area contributed by atoms with Gasteiger partial charge in [-0.1, -0.05) is 0 Å². The molecule has 1 heterocycles. The van der Waals surface area contributed by atoms with Crippen molar-refractivity contribution < 1.29 is 17.9 Å². The van der Waals surface area contributed by atoms with Crippen LogP contribution in [0.2, 0.25) is 0 Å². The van der Waals surface area contributed by atoms with Gasteiger partial charge in [-0.2, -0.15) is 0 Å². The quantitative estimate of drug-likeness (QED) is 0.486. The Kier molecular flexibility index (Phi) is 1.52. The van der Waals surface area contributed by atoms with Gasteiger partial charge in [0.25, 0.3) is 0 Å². The van der Waals surface area contributed by atoms with Crippen molar-refractivity contribution >= 4 is 15.8 Å². The fraction of sp³-hybridized carbons (Fsp3) is 0.400. The van der Waals surface area contributed by atoms with Gasteiger partial charge in [-0.3, -0.25) is 0 Å². The molecule has 56 valence electrons. The van der Waals surface area contributed by atoms with Crippen LogP contribution in [0.5, 0.6) is 0 Å². The Morgan fingerprint density at radius 3 is 2.40 bits per heavy atom. The molecule has 1 rings (SSSR count). The van der Waals surface area contributed by atoms with Gasteiger partial charge in [0.15, 0.2) is 15.1 Å². The van der Waals surface area contributed by atoms with Crippen LogP contribution in [0.3, 0.4) is 0 Å². The molecule has 0 saturated carbocycles. The van der Waals surface area contributed by atoms with E-state index in [2.05, 4.69) is 4.74 Å². The minimum atomic E-state index is -3.31. The summed E-state index contributed by atoms with van der Waals surface area (Å²) < 4.78 is 25.7. The Balaban J connectivity index is 2.95. The minimum absolute atomic E-state index is 0.720. The second-order valence-corrected chi connectivity index (χ2v) is 4.18. The number of ether oxygens (including phenoxy) is 1. The lowest BCUT2D eigenvalue weighted by Gasteiger charge is -1.98. The number of carbonyl (C=O) groups is 1. The Morgan fingerprint density at radius 2 is 2.20 bits per heavy atom. The molecule has 0 radical (unpaired) electrons. The van der Waals surface area contributed by atoms with E-state index in [4.69, 9.17) is 0 Å². The van der Waals surface area contributed by atoms with Crippen LogP contribution in [0.15, 0.2) is 12.3 Å². The highest BCUT2D eigenvalue weighted by Gasteiger charge is 2.30. The predicted octanol–water partition coefficient (Wildman–Crippen LogP) is -0.530. The summed E-state index contributed by atoms with van der Waals surface area (Å²) in [6.45, 7) is 0. The van der Waals surface area contributed by atoms with Crippen LogP contribution < -0.4 is 0 Å². The molecule has 1 aliphatic heterocycles. The van der Waals surface area contributed by atoms with E-state index in [0.29, 0.717) is 0 Å². The molecular formula is C5H6O4S. The molecule has 0 aliphatic carbocycles. The van der Waals surface area contributed by atoms with Crippen molar-refractivity contribution in [2.75, 3.05) is 6.26 Å². The maximum absolute atomic E-state index is 10.7. The normalized spacial score (nSPS) is 24.9. The van der Waals surface area contributed by atoms with Crippen molar-refractivity contribution in [3.63, 3.8) is 0 Å². The van der Waals surface area contributed by atoms with Crippen molar-refractivity contribution in [3.05, 3.63) is 12.3 Å². The predicted molar refractivity (Wildman–Crippen MR) is 33.9 cm³/mol. The van der Waals surface area contributed by atoms with E-state index in [1.54, 1.807) is 0 Å². The third-order valence-electron chi connectivity index (χ3n) is 1.13.